The fourth-order valence-corrected chi connectivity index (χ4v) is 6.92. The Balaban J connectivity index is 1.37. The number of anilines is 1. The van der Waals surface area contributed by atoms with Crippen LogP contribution in [0.2, 0.25) is 0 Å². The number of nitrogen functional groups attached to an aromatic ring is 1. The molecule has 0 bridgehead atoms. The number of carbonyl (C=O) groups excluding carboxylic acids is 2. The molecule has 0 amide bonds. The van der Waals surface area contributed by atoms with E-state index in [-0.39, 0.29) is 48.4 Å². The predicted molar refractivity (Wildman–Crippen MR) is 177 cm³/mol. The van der Waals surface area contributed by atoms with Crippen molar-refractivity contribution in [2.24, 2.45) is 11.8 Å². The van der Waals surface area contributed by atoms with Crippen LogP contribution in [0, 0.1) is 11.8 Å². The summed E-state index contributed by atoms with van der Waals surface area (Å²) in [5.74, 6) is 0.714. The topological polar surface area (TPSA) is 139 Å². The lowest BCUT2D eigenvalue weighted by atomic mass is 9.78. The number of carbonyl (C=O) groups is 2. The number of nitrogens with zero attached hydrogens (tertiary/aromatic N) is 1. The molecular weight excluding hydrogens is 566 g/mol. The summed E-state index contributed by atoms with van der Waals surface area (Å²) in [7, 11) is 1.49. The van der Waals surface area contributed by atoms with E-state index in [0.717, 1.165) is 42.0 Å². The summed E-state index contributed by atoms with van der Waals surface area (Å²) in [6.07, 6.45) is 17.6. The van der Waals surface area contributed by atoms with Crippen molar-refractivity contribution >= 4 is 17.4 Å². The second-order valence-electron chi connectivity index (χ2n) is 12.8. The number of phenolic OH excluding ortho intramolecular Hbond substituents is 1. The molecule has 5 N–H and O–H groups in total. The maximum atomic E-state index is 12.8. The molecule has 1 aliphatic carbocycles. The van der Waals surface area contributed by atoms with Gasteiger partial charge in [-0.1, -0.05) is 63.9 Å². The molecule has 0 radical (unpaired) electrons. The summed E-state index contributed by atoms with van der Waals surface area (Å²) < 4.78 is 5.54. The number of phenols is 1. The van der Waals surface area contributed by atoms with Gasteiger partial charge in [0.1, 0.15) is 17.4 Å². The lowest BCUT2D eigenvalue weighted by Crippen LogP contribution is -2.22. The lowest BCUT2D eigenvalue weighted by Gasteiger charge is -2.28. The first-order valence-electron chi connectivity index (χ1n) is 16.8. The number of hydrogen-bond donors (Lipinski definition) is 4. The highest BCUT2D eigenvalue weighted by Crippen LogP contribution is 2.43. The van der Waals surface area contributed by atoms with E-state index in [9.17, 15) is 19.8 Å². The highest BCUT2D eigenvalue weighted by Gasteiger charge is 2.30. The van der Waals surface area contributed by atoms with Crippen LogP contribution < -0.4 is 10.5 Å². The van der Waals surface area contributed by atoms with Crippen molar-refractivity contribution in [1.82, 2.24) is 9.97 Å². The molecule has 1 fully saturated rings. The number of ether oxygens (including phenoxy) is 1. The minimum atomic E-state index is -0.433. The van der Waals surface area contributed by atoms with Crippen LogP contribution in [0.25, 0.3) is 0 Å². The number of ketones is 2. The molecule has 1 saturated carbocycles. The fraction of sp³-hybridized carbons (Fsp3) is 0.541. The van der Waals surface area contributed by atoms with Gasteiger partial charge in [0.05, 0.1) is 13.5 Å². The smallest absolute Gasteiger partial charge is 0.161 e. The van der Waals surface area contributed by atoms with Crippen molar-refractivity contribution in [3.8, 4) is 11.5 Å². The molecule has 0 aliphatic heterocycles. The number of methoxy groups -OCH3 is 1. The summed E-state index contributed by atoms with van der Waals surface area (Å²) in [5.41, 5.74) is 9.19. The van der Waals surface area contributed by atoms with Gasteiger partial charge in [-0.2, -0.15) is 0 Å². The van der Waals surface area contributed by atoms with E-state index in [1.807, 2.05) is 30.5 Å². The number of Topliss-reactive ketones (excluding diaryl/α,β-unsaturated/α-hetero) is 2. The molecule has 4 rings (SSSR count). The Morgan fingerprint density at radius 1 is 1.04 bits per heavy atom. The Labute approximate surface area is 267 Å². The summed E-state index contributed by atoms with van der Waals surface area (Å²) in [6, 6.07) is 11.1. The lowest BCUT2D eigenvalue weighted by molar-refractivity contribution is -0.127. The molecule has 3 aromatic rings. The molecule has 244 valence electrons. The largest absolute Gasteiger partial charge is 0.504 e. The molecular formula is C37H51N3O5. The third-order valence-corrected chi connectivity index (χ3v) is 9.36. The van der Waals surface area contributed by atoms with Crippen molar-refractivity contribution in [3.05, 3.63) is 71.2 Å². The zero-order valence-electron chi connectivity index (χ0n) is 26.8. The summed E-state index contributed by atoms with van der Waals surface area (Å²) in [4.78, 5) is 32.7. The van der Waals surface area contributed by atoms with Crippen LogP contribution in [-0.4, -0.2) is 45.5 Å². The first-order chi connectivity index (χ1) is 21.9. The quantitative estimate of drug-likeness (QED) is 0.0833. The van der Waals surface area contributed by atoms with Crippen LogP contribution >= 0.6 is 0 Å². The maximum absolute atomic E-state index is 12.8. The van der Waals surface area contributed by atoms with Gasteiger partial charge in [0, 0.05) is 49.0 Å². The highest BCUT2D eigenvalue weighted by molar-refractivity contribution is 5.99. The van der Waals surface area contributed by atoms with Gasteiger partial charge < -0.3 is 25.7 Å². The monoisotopic (exact) mass is 617 g/mol. The highest BCUT2D eigenvalue weighted by atomic mass is 16.5. The number of rotatable bonds is 19. The van der Waals surface area contributed by atoms with Crippen LogP contribution in [0.4, 0.5) is 5.82 Å². The van der Waals surface area contributed by atoms with Crippen molar-refractivity contribution < 1.29 is 24.5 Å². The number of aryl methyl sites for hydroxylation is 1. The van der Waals surface area contributed by atoms with Gasteiger partial charge in [-0.3, -0.25) is 9.59 Å². The average molecular weight is 618 g/mol. The van der Waals surface area contributed by atoms with E-state index in [1.165, 1.54) is 52.1 Å². The Morgan fingerprint density at radius 2 is 1.82 bits per heavy atom. The third kappa shape index (κ3) is 10.5. The number of nitrogens with one attached hydrogen (secondary N) is 1. The number of hydrogen-bond acceptors (Lipinski definition) is 7. The van der Waals surface area contributed by atoms with Gasteiger partial charge in [-0.15, -0.1) is 0 Å². The first kappa shape index (κ1) is 34.2. The predicted octanol–water partition coefficient (Wildman–Crippen LogP) is 7.07. The number of unbranched alkanes of at least 4 members (excludes halogenated alkanes) is 3. The molecule has 0 spiro atoms. The summed E-state index contributed by atoms with van der Waals surface area (Å²) >= 11 is 0. The molecule has 2 heterocycles. The van der Waals surface area contributed by atoms with E-state index in [4.69, 9.17) is 10.5 Å². The maximum Gasteiger partial charge on any atom is 0.161 e. The molecule has 8 nitrogen and oxygen atoms in total. The van der Waals surface area contributed by atoms with Gasteiger partial charge in [0.25, 0.3) is 0 Å². The second-order valence-corrected chi connectivity index (χ2v) is 12.8. The van der Waals surface area contributed by atoms with Gasteiger partial charge in [0.15, 0.2) is 11.5 Å². The summed E-state index contributed by atoms with van der Waals surface area (Å²) in [6.45, 7) is -0.140. The van der Waals surface area contributed by atoms with E-state index >= 15 is 0 Å². The van der Waals surface area contributed by atoms with E-state index in [1.54, 1.807) is 18.3 Å². The second kappa shape index (κ2) is 17.7. The molecule has 8 heteroatoms. The fourth-order valence-electron chi connectivity index (χ4n) is 6.92. The van der Waals surface area contributed by atoms with Gasteiger partial charge in [0.2, 0.25) is 0 Å². The normalized spacial score (nSPS) is 15.1. The molecule has 1 aromatic carbocycles. The number of aromatic nitrogens is 2. The van der Waals surface area contributed by atoms with Crippen molar-refractivity contribution in [2.45, 2.75) is 102 Å². The number of pyridine rings is 1. The molecule has 0 unspecified atom stereocenters. The van der Waals surface area contributed by atoms with Gasteiger partial charge in [-0.05, 0) is 72.6 Å². The Kier molecular flexibility index (Phi) is 13.5. The third-order valence-electron chi connectivity index (χ3n) is 9.36. The number of H-pyrrole nitrogens is 1. The average Bonchev–Trinajstić information content (AvgIpc) is 3.56. The van der Waals surface area contributed by atoms with Crippen LogP contribution in [0.1, 0.15) is 112 Å². The Morgan fingerprint density at radius 3 is 2.53 bits per heavy atom. The van der Waals surface area contributed by atoms with Crippen molar-refractivity contribution in [1.29, 1.82) is 0 Å². The Bertz CT molecular complexity index is 1350. The Hall–Kier alpha value is -3.65. The number of aliphatic hydroxyl groups is 1. The number of aliphatic hydroxyl groups excluding tert-OH is 1. The van der Waals surface area contributed by atoms with Crippen LogP contribution in [0.15, 0.2) is 48.8 Å². The van der Waals surface area contributed by atoms with Crippen LogP contribution in [-0.2, 0) is 22.4 Å². The molecule has 45 heavy (non-hydrogen) atoms. The minimum absolute atomic E-state index is 0.0155. The van der Waals surface area contributed by atoms with Crippen LogP contribution in [0.5, 0.6) is 11.5 Å². The van der Waals surface area contributed by atoms with Crippen LogP contribution in [0.3, 0.4) is 0 Å². The zero-order chi connectivity index (χ0) is 32.0. The van der Waals surface area contributed by atoms with E-state index in [0.29, 0.717) is 30.6 Å². The first-order valence-corrected chi connectivity index (χ1v) is 16.8. The molecule has 1 aliphatic rings. The van der Waals surface area contributed by atoms with Gasteiger partial charge >= 0.3 is 0 Å². The molecule has 0 saturated heterocycles. The summed E-state index contributed by atoms with van der Waals surface area (Å²) in [5, 5.41) is 21.9. The number of nitrogens with two attached hydrogens (primary N) is 1. The minimum Gasteiger partial charge on any atom is -0.504 e. The standard InChI is InChI=1S/C37H51N3O5/c1-45-34-21-27(15-16-32(43)24-31(42)14-8-3-2-5-10-26-11-6-4-7-12-26)20-33(37(34)44)36(28-17-19-40-35(38)23-28)29(25-41)22-30-13-9-18-39-30/h9,13,17-21,23,26,29,36,39,41,44H,2-8,10-12,14-16,22,24-25H2,1H3,(H2,38,40)/t29-,36-/m0/s1. The van der Waals surface area contributed by atoms with E-state index < -0.39 is 5.92 Å². The number of aromatic hydroxyl groups is 1. The molecule has 2 atom stereocenters. The van der Waals surface area contributed by atoms with Gasteiger partial charge in [-0.25, -0.2) is 4.98 Å². The van der Waals surface area contributed by atoms with Crippen molar-refractivity contribution in [2.75, 3.05) is 19.5 Å². The number of aromatic amines is 1. The zero-order valence-corrected chi connectivity index (χ0v) is 26.8. The SMILES string of the molecule is COc1cc(CCC(=O)CC(=O)CCCCCCC2CCCCC2)cc([C@@H](c2ccnc(N)c2)[C@H](CO)Cc2ccc[nH]2)c1O. The molecule has 2 aromatic heterocycles. The van der Waals surface area contributed by atoms with Crippen molar-refractivity contribution in [3.63, 3.8) is 0 Å². The van der Waals surface area contributed by atoms with E-state index in [2.05, 4.69) is 9.97 Å². The number of benzene rings is 1.